The summed E-state index contributed by atoms with van der Waals surface area (Å²) in [6, 6.07) is 1.90. The van der Waals surface area contributed by atoms with Gasteiger partial charge in [0.15, 0.2) is 9.84 Å². The molecule has 0 bridgehead atoms. The second kappa shape index (κ2) is 3.21. The Morgan fingerprint density at radius 3 is 2.50 bits per heavy atom. The molecule has 1 unspecified atom stereocenters. The summed E-state index contributed by atoms with van der Waals surface area (Å²) in [6.45, 7) is 0. The lowest BCUT2D eigenvalue weighted by molar-refractivity contribution is -0.137. The van der Waals surface area contributed by atoms with E-state index in [1.54, 1.807) is 0 Å². The number of nitrogens with two attached hydrogens (primary N) is 1. The van der Waals surface area contributed by atoms with Crippen molar-refractivity contribution in [3.8, 4) is 0 Å². The Morgan fingerprint density at radius 2 is 1.94 bits per heavy atom. The van der Waals surface area contributed by atoms with Crippen LogP contribution in [0.1, 0.15) is 17.2 Å². The van der Waals surface area contributed by atoms with Gasteiger partial charge in [0.2, 0.25) is 0 Å². The minimum atomic E-state index is -4.54. The van der Waals surface area contributed by atoms with Gasteiger partial charge in [0.25, 0.3) is 0 Å². The van der Waals surface area contributed by atoms with Crippen LogP contribution in [0.2, 0.25) is 0 Å². The van der Waals surface area contributed by atoms with E-state index in [0.29, 0.717) is 6.07 Å². The number of halogens is 3. The molecule has 0 saturated carbocycles. The van der Waals surface area contributed by atoms with Gasteiger partial charge in [-0.25, -0.2) is 8.42 Å². The van der Waals surface area contributed by atoms with Crippen LogP contribution in [0.4, 0.5) is 13.2 Å². The first-order valence-corrected chi connectivity index (χ1v) is 6.06. The summed E-state index contributed by atoms with van der Waals surface area (Å²) >= 11 is 0. The molecule has 0 aliphatic carbocycles. The van der Waals surface area contributed by atoms with Gasteiger partial charge in [0.1, 0.15) is 0 Å². The molecule has 0 amide bonds. The van der Waals surface area contributed by atoms with Gasteiger partial charge in [0, 0.05) is 6.04 Å². The Labute approximate surface area is 90.0 Å². The van der Waals surface area contributed by atoms with E-state index in [1.165, 1.54) is 0 Å². The van der Waals surface area contributed by atoms with Gasteiger partial charge in [0.05, 0.1) is 16.2 Å². The molecule has 2 N–H and O–H groups in total. The van der Waals surface area contributed by atoms with Crippen LogP contribution in [-0.4, -0.2) is 14.2 Å². The molecule has 0 spiro atoms. The predicted octanol–water partition coefficient (Wildman–Crippen LogP) is 1.49. The second-order valence-corrected chi connectivity index (χ2v) is 5.64. The minimum absolute atomic E-state index is 0.257. The van der Waals surface area contributed by atoms with Crippen molar-refractivity contribution in [2.75, 3.05) is 5.75 Å². The molecule has 1 heterocycles. The molecule has 2 rings (SSSR count). The number of fused-ring (bicyclic) bond motifs is 1. The maximum atomic E-state index is 12.4. The Kier molecular flexibility index (Phi) is 2.29. The number of hydrogen-bond acceptors (Lipinski definition) is 3. The zero-order chi connectivity index (χ0) is 12.1. The van der Waals surface area contributed by atoms with E-state index < -0.39 is 27.6 Å². The molecule has 0 radical (unpaired) electrons. The molecule has 1 aliphatic rings. The van der Waals surface area contributed by atoms with Crippen LogP contribution in [0.25, 0.3) is 0 Å². The maximum absolute atomic E-state index is 12.4. The number of benzene rings is 1. The lowest BCUT2D eigenvalue weighted by Crippen LogP contribution is -2.11. The minimum Gasteiger partial charge on any atom is -0.323 e. The molecule has 16 heavy (non-hydrogen) atoms. The monoisotopic (exact) mass is 251 g/mol. The maximum Gasteiger partial charge on any atom is 0.416 e. The number of rotatable bonds is 0. The zero-order valence-electron chi connectivity index (χ0n) is 7.95. The standard InChI is InChI=1S/C9H8F3NO2S/c10-9(11,12)5-1-2-6-7(13)4-16(14,15)8(6)3-5/h1-3,7H,4,13H2. The fraction of sp³-hybridized carbons (Fsp3) is 0.333. The summed E-state index contributed by atoms with van der Waals surface area (Å²) < 4.78 is 60.1. The molecular weight excluding hydrogens is 243 g/mol. The summed E-state index contributed by atoms with van der Waals surface area (Å²) in [5.41, 5.74) is 4.81. The Morgan fingerprint density at radius 1 is 1.31 bits per heavy atom. The van der Waals surface area contributed by atoms with Crippen molar-refractivity contribution in [1.82, 2.24) is 0 Å². The van der Waals surface area contributed by atoms with Crippen molar-refractivity contribution < 1.29 is 21.6 Å². The lowest BCUT2D eigenvalue weighted by Gasteiger charge is -2.08. The fourth-order valence-corrected chi connectivity index (χ4v) is 3.42. The van der Waals surface area contributed by atoms with Gasteiger partial charge >= 0.3 is 6.18 Å². The van der Waals surface area contributed by atoms with E-state index >= 15 is 0 Å². The summed E-state index contributed by atoms with van der Waals surface area (Å²) in [5, 5.41) is 0. The predicted molar refractivity (Wildman–Crippen MR) is 50.4 cm³/mol. The smallest absolute Gasteiger partial charge is 0.323 e. The van der Waals surface area contributed by atoms with Crippen LogP contribution >= 0.6 is 0 Å². The highest BCUT2D eigenvalue weighted by molar-refractivity contribution is 7.91. The third-order valence-electron chi connectivity index (χ3n) is 2.47. The SMILES string of the molecule is NC1CS(=O)(=O)c2cc(C(F)(F)F)ccc21. The summed E-state index contributed by atoms with van der Waals surface area (Å²) in [5.74, 6) is -0.330. The van der Waals surface area contributed by atoms with Gasteiger partial charge in [-0.15, -0.1) is 0 Å². The molecule has 0 saturated heterocycles. The second-order valence-electron chi connectivity index (χ2n) is 3.64. The van der Waals surface area contributed by atoms with Gasteiger partial charge < -0.3 is 5.73 Å². The van der Waals surface area contributed by atoms with E-state index in [9.17, 15) is 21.6 Å². The average molecular weight is 251 g/mol. The summed E-state index contributed by atoms with van der Waals surface area (Å²) in [4.78, 5) is -0.296. The molecule has 1 aromatic carbocycles. The third-order valence-corrected chi connectivity index (χ3v) is 4.30. The van der Waals surface area contributed by atoms with Crippen LogP contribution < -0.4 is 5.73 Å². The van der Waals surface area contributed by atoms with E-state index in [1.807, 2.05) is 0 Å². The van der Waals surface area contributed by atoms with E-state index in [-0.39, 0.29) is 16.2 Å². The molecule has 1 atom stereocenters. The van der Waals surface area contributed by atoms with E-state index in [4.69, 9.17) is 5.73 Å². The van der Waals surface area contributed by atoms with E-state index in [2.05, 4.69) is 0 Å². The molecule has 3 nitrogen and oxygen atoms in total. The van der Waals surface area contributed by atoms with Gasteiger partial charge in [-0.1, -0.05) is 6.07 Å². The first kappa shape index (κ1) is 11.4. The highest BCUT2D eigenvalue weighted by atomic mass is 32.2. The third kappa shape index (κ3) is 1.69. The number of hydrogen-bond donors (Lipinski definition) is 1. The largest absolute Gasteiger partial charge is 0.416 e. The molecule has 88 valence electrons. The summed E-state index contributed by atoms with van der Waals surface area (Å²) in [6.07, 6.45) is -4.54. The quantitative estimate of drug-likeness (QED) is 0.760. The molecular formula is C9H8F3NO2S. The first-order chi connectivity index (χ1) is 7.22. The van der Waals surface area contributed by atoms with Crippen LogP contribution in [-0.2, 0) is 16.0 Å². The Bertz CT molecular complexity index is 536. The van der Waals surface area contributed by atoms with Crippen LogP contribution in [0.15, 0.2) is 23.1 Å². The molecule has 1 aromatic rings. The Hall–Kier alpha value is -1.08. The van der Waals surface area contributed by atoms with Crippen molar-refractivity contribution in [1.29, 1.82) is 0 Å². The summed E-state index contributed by atoms with van der Waals surface area (Å²) in [7, 11) is -3.66. The highest BCUT2D eigenvalue weighted by Crippen LogP contribution is 2.37. The molecule has 0 aromatic heterocycles. The molecule has 0 fully saturated rings. The normalized spacial score (nSPS) is 23.1. The van der Waals surface area contributed by atoms with Gasteiger partial charge in [-0.3, -0.25) is 0 Å². The van der Waals surface area contributed by atoms with Gasteiger partial charge in [-0.2, -0.15) is 13.2 Å². The Balaban J connectivity index is 2.64. The lowest BCUT2D eigenvalue weighted by atomic mass is 10.1. The number of alkyl halides is 3. The zero-order valence-corrected chi connectivity index (χ0v) is 8.77. The first-order valence-electron chi connectivity index (χ1n) is 4.41. The fourth-order valence-electron chi connectivity index (χ4n) is 1.70. The number of sulfone groups is 1. The highest BCUT2D eigenvalue weighted by Gasteiger charge is 2.37. The topological polar surface area (TPSA) is 60.2 Å². The molecule has 7 heteroatoms. The average Bonchev–Trinajstić information content (AvgIpc) is 2.36. The molecule has 1 aliphatic heterocycles. The van der Waals surface area contributed by atoms with Crippen LogP contribution in [0, 0.1) is 0 Å². The van der Waals surface area contributed by atoms with Crippen molar-refractivity contribution in [2.45, 2.75) is 17.1 Å². The van der Waals surface area contributed by atoms with Crippen LogP contribution in [0.5, 0.6) is 0 Å². The van der Waals surface area contributed by atoms with Crippen molar-refractivity contribution in [3.05, 3.63) is 29.3 Å². The van der Waals surface area contributed by atoms with E-state index in [0.717, 1.165) is 12.1 Å². The van der Waals surface area contributed by atoms with Gasteiger partial charge in [-0.05, 0) is 17.7 Å². The van der Waals surface area contributed by atoms with Crippen molar-refractivity contribution in [2.24, 2.45) is 5.73 Å². The van der Waals surface area contributed by atoms with Crippen LogP contribution in [0.3, 0.4) is 0 Å². The van der Waals surface area contributed by atoms with Crippen molar-refractivity contribution in [3.63, 3.8) is 0 Å². The van der Waals surface area contributed by atoms with Crippen molar-refractivity contribution >= 4 is 9.84 Å².